The quantitative estimate of drug-likeness (QED) is 0.909. The van der Waals surface area contributed by atoms with Crippen molar-refractivity contribution in [1.29, 1.82) is 0 Å². The summed E-state index contributed by atoms with van der Waals surface area (Å²) in [5.41, 5.74) is 1.44. The fourth-order valence-corrected chi connectivity index (χ4v) is 3.12. The van der Waals surface area contributed by atoms with E-state index in [-0.39, 0.29) is 31.0 Å². The monoisotopic (exact) mass is 311 g/mol. The third kappa shape index (κ3) is 2.64. The van der Waals surface area contributed by atoms with Gasteiger partial charge in [-0.05, 0) is 25.7 Å². The number of alkyl halides is 2. The molecule has 0 amide bonds. The molecule has 120 valence electrons. The highest BCUT2D eigenvalue weighted by Gasteiger charge is 2.42. The number of rotatable bonds is 2. The van der Waals surface area contributed by atoms with Gasteiger partial charge in [-0.15, -0.1) is 0 Å². The van der Waals surface area contributed by atoms with Crippen LogP contribution in [0.5, 0.6) is 0 Å². The first-order chi connectivity index (χ1) is 10.4. The molecule has 1 aliphatic heterocycles. The number of aromatic nitrogens is 2. The molecule has 1 atom stereocenters. The van der Waals surface area contributed by atoms with Crippen LogP contribution in [-0.2, 0) is 12.8 Å². The molecule has 1 unspecified atom stereocenters. The standard InChI is InChI=1S/C15H19F2N3O2/c1-9-8-20(7-6-15(9,16)17)13-12(14(21)22)18-10-4-2-3-5-11(10)19-13/h9H,2-8H2,1H3,(H,21,22). The fourth-order valence-electron chi connectivity index (χ4n) is 3.12. The van der Waals surface area contributed by atoms with Crippen LogP contribution in [0.1, 0.15) is 48.1 Å². The van der Waals surface area contributed by atoms with Crippen molar-refractivity contribution in [3.8, 4) is 0 Å². The predicted molar refractivity (Wildman–Crippen MR) is 76.6 cm³/mol. The Morgan fingerprint density at radius 1 is 1.27 bits per heavy atom. The summed E-state index contributed by atoms with van der Waals surface area (Å²) < 4.78 is 27.3. The van der Waals surface area contributed by atoms with E-state index in [0.717, 1.165) is 37.1 Å². The number of carboxylic acid groups (broad SMARTS) is 1. The minimum atomic E-state index is -2.71. The van der Waals surface area contributed by atoms with Gasteiger partial charge in [-0.25, -0.2) is 23.5 Å². The van der Waals surface area contributed by atoms with E-state index in [0.29, 0.717) is 0 Å². The van der Waals surface area contributed by atoms with E-state index in [1.54, 1.807) is 4.90 Å². The van der Waals surface area contributed by atoms with Gasteiger partial charge in [0.1, 0.15) is 0 Å². The van der Waals surface area contributed by atoms with Gasteiger partial charge in [0.15, 0.2) is 11.5 Å². The van der Waals surface area contributed by atoms with Gasteiger partial charge in [0.25, 0.3) is 5.92 Å². The van der Waals surface area contributed by atoms with Crippen molar-refractivity contribution >= 4 is 11.8 Å². The predicted octanol–water partition coefficient (Wildman–Crippen LogP) is 2.54. The van der Waals surface area contributed by atoms with Crippen molar-refractivity contribution in [2.75, 3.05) is 18.0 Å². The first-order valence-electron chi connectivity index (χ1n) is 7.64. The fraction of sp³-hybridized carbons (Fsp3) is 0.667. The van der Waals surface area contributed by atoms with Crippen molar-refractivity contribution in [1.82, 2.24) is 9.97 Å². The summed E-state index contributed by atoms with van der Waals surface area (Å²) in [7, 11) is 0. The van der Waals surface area contributed by atoms with Gasteiger partial charge < -0.3 is 10.0 Å². The second-order valence-corrected chi connectivity index (χ2v) is 6.16. The summed E-state index contributed by atoms with van der Waals surface area (Å²) in [6.07, 6.45) is 3.20. The van der Waals surface area contributed by atoms with Crippen LogP contribution in [0, 0.1) is 5.92 Å². The molecule has 1 N–H and O–H groups in total. The number of hydrogen-bond acceptors (Lipinski definition) is 4. The highest BCUT2D eigenvalue weighted by Crippen LogP contribution is 2.35. The van der Waals surface area contributed by atoms with Crippen LogP contribution in [0.3, 0.4) is 0 Å². The average Bonchev–Trinajstić information content (AvgIpc) is 2.48. The maximum absolute atomic E-state index is 13.6. The lowest BCUT2D eigenvalue weighted by molar-refractivity contribution is -0.0652. The van der Waals surface area contributed by atoms with Crippen molar-refractivity contribution in [2.24, 2.45) is 5.92 Å². The molecule has 0 saturated carbocycles. The SMILES string of the molecule is CC1CN(c2nc3c(nc2C(=O)O)CCCC3)CCC1(F)F. The lowest BCUT2D eigenvalue weighted by Gasteiger charge is -2.37. The van der Waals surface area contributed by atoms with E-state index >= 15 is 0 Å². The second-order valence-electron chi connectivity index (χ2n) is 6.16. The van der Waals surface area contributed by atoms with Crippen LogP contribution < -0.4 is 4.90 Å². The third-order valence-corrected chi connectivity index (χ3v) is 4.54. The molecule has 1 aliphatic carbocycles. The highest BCUT2D eigenvalue weighted by atomic mass is 19.3. The minimum Gasteiger partial charge on any atom is -0.476 e. The molecule has 1 fully saturated rings. The summed E-state index contributed by atoms with van der Waals surface area (Å²) in [6.45, 7) is 1.68. The molecule has 0 spiro atoms. The molecule has 22 heavy (non-hydrogen) atoms. The van der Waals surface area contributed by atoms with Crippen LogP contribution in [0.25, 0.3) is 0 Å². The molecular formula is C15H19F2N3O2. The topological polar surface area (TPSA) is 66.3 Å². The minimum absolute atomic E-state index is 0.0980. The van der Waals surface area contributed by atoms with E-state index in [1.165, 1.54) is 6.92 Å². The first-order valence-corrected chi connectivity index (χ1v) is 7.64. The summed E-state index contributed by atoms with van der Waals surface area (Å²) in [5, 5.41) is 9.39. The maximum Gasteiger partial charge on any atom is 0.358 e. The Morgan fingerprint density at radius 3 is 2.50 bits per heavy atom. The Labute approximate surface area is 127 Å². The number of nitrogens with zero attached hydrogens (tertiary/aromatic N) is 3. The molecule has 0 aromatic carbocycles. The number of aryl methyl sites for hydroxylation is 2. The van der Waals surface area contributed by atoms with E-state index in [9.17, 15) is 18.7 Å². The van der Waals surface area contributed by atoms with Crippen LogP contribution in [-0.4, -0.2) is 40.1 Å². The summed E-state index contributed by atoms with van der Waals surface area (Å²) >= 11 is 0. The number of carboxylic acids is 1. The first kappa shape index (κ1) is 15.1. The number of piperidine rings is 1. The zero-order chi connectivity index (χ0) is 15.9. The number of carbonyl (C=O) groups is 1. The Hall–Kier alpha value is -1.79. The lowest BCUT2D eigenvalue weighted by Crippen LogP contribution is -2.47. The van der Waals surface area contributed by atoms with Crippen LogP contribution in [0.4, 0.5) is 14.6 Å². The molecule has 3 rings (SSSR count). The van der Waals surface area contributed by atoms with Crippen LogP contribution in [0.15, 0.2) is 0 Å². The van der Waals surface area contributed by atoms with Crippen molar-refractivity contribution in [3.63, 3.8) is 0 Å². The lowest BCUT2D eigenvalue weighted by atomic mass is 9.95. The van der Waals surface area contributed by atoms with Gasteiger partial charge in [0.05, 0.1) is 11.4 Å². The molecule has 2 aliphatic rings. The van der Waals surface area contributed by atoms with Gasteiger partial charge in [0, 0.05) is 25.4 Å². The summed E-state index contributed by atoms with van der Waals surface area (Å²) in [5.74, 6) is -4.45. The van der Waals surface area contributed by atoms with Gasteiger partial charge in [0.2, 0.25) is 0 Å². The Bertz CT molecular complexity index is 607. The molecule has 7 heteroatoms. The molecule has 2 heterocycles. The highest BCUT2D eigenvalue weighted by molar-refractivity contribution is 5.91. The Morgan fingerprint density at radius 2 is 1.91 bits per heavy atom. The second kappa shape index (κ2) is 5.44. The molecule has 1 saturated heterocycles. The number of hydrogen-bond donors (Lipinski definition) is 1. The molecular weight excluding hydrogens is 292 g/mol. The molecule has 5 nitrogen and oxygen atoms in total. The molecule has 0 radical (unpaired) electrons. The van der Waals surface area contributed by atoms with E-state index in [4.69, 9.17) is 0 Å². The summed E-state index contributed by atoms with van der Waals surface area (Å²) in [6, 6.07) is 0. The maximum atomic E-state index is 13.6. The van der Waals surface area contributed by atoms with E-state index in [2.05, 4.69) is 9.97 Å². The number of anilines is 1. The zero-order valence-electron chi connectivity index (χ0n) is 12.5. The summed E-state index contributed by atoms with van der Waals surface area (Å²) in [4.78, 5) is 21.9. The number of halogens is 2. The molecule has 0 bridgehead atoms. The number of fused-ring (bicyclic) bond motifs is 1. The number of aromatic carboxylic acids is 1. The largest absolute Gasteiger partial charge is 0.476 e. The molecule has 1 aromatic heterocycles. The van der Waals surface area contributed by atoms with E-state index < -0.39 is 17.8 Å². The molecule has 1 aromatic rings. The average molecular weight is 311 g/mol. The smallest absolute Gasteiger partial charge is 0.358 e. The zero-order valence-corrected chi connectivity index (χ0v) is 12.5. The van der Waals surface area contributed by atoms with Gasteiger partial charge in [-0.2, -0.15) is 0 Å². The van der Waals surface area contributed by atoms with E-state index in [1.807, 2.05) is 0 Å². The van der Waals surface area contributed by atoms with Crippen molar-refractivity contribution in [2.45, 2.75) is 45.0 Å². The van der Waals surface area contributed by atoms with Gasteiger partial charge in [-0.3, -0.25) is 0 Å². The Balaban J connectivity index is 1.97. The van der Waals surface area contributed by atoms with Gasteiger partial charge in [-0.1, -0.05) is 6.92 Å². The Kier molecular flexibility index (Phi) is 3.74. The van der Waals surface area contributed by atoms with Gasteiger partial charge >= 0.3 is 5.97 Å². The van der Waals surface area contributed by atoms with Crippen LogP contribution in [0.2, 0.25) is 0 Å². The van der Waals surface area contributed by atoms with Crippen molar-refractivity contribution in [3.05, 3.63) is 17.1 Å². The van der Waals surface area contributed by atoms with Crippen LogP contribution >= 0.6 is 0 Å². The third-order valence-electron chi connectivity index (χ3n) is 4.54. The van der Waals surface area contributed by atoms with Crippen molar-refractivity contribution < 1.29 is 18.7 Å². The normalized spacial score (nSPS) is 24.0.